The van der Waals surface area contributed by atoms with Crippen LogP contribution in [0.5, 0.6) is 17.2 Å². The molecule has 3 rings (SSSR count). The van der Waals surface area contributed by atoms with Crippen molar-refractivity contribution in [3.63, 3.8) is 0 Å². The van der Waals surface area contributed by atoms with Crippen molar-refractivity contribution in [2.75, 3.05) is 26.8 Å². The minimum Gasteiger partial charge on any atom is -0.497 e. The molecule has 1 aliphatic rings. The number of hydrogen-bond donors (Lipinski definition) is 1. The van der Waals surface area contributed by atoms with Crippen LogP contribution in [-0.4, -0.2) is 58.2 Å². The lowest BCUT2D eigenvalue weighted by atomic mass is 10.0. The van der Waals surface area contributed by atoms with Gasteiger partial charge in [0.05, 0.1) is 18.6 Å². The van der Waals surface area contributed by atoms with Gasteiger partial charge in [-0.05, 0) is 49.2 Å². The topological polar surface area (TPSA) is 94.2 Å². The van der Waals surface area contributed by atoms with E-state index in [1.807, 2.05) is 45.0 Å². The molecule has 0 spiro atoms. The van der Waals surface area contributed by atoms with Gasteiger partial charge in [0.15, 0.2) is 11.5 Å². The van der Waals surface area contributed by atoms with Crippen LogP contribution < -0.4 is 18.9 Å². The Morgan fingerprint density at radius 3 is 2.24 bits per heavy atom. The van der Waals surface area contributed by atoms with E-state index in [1.165, 1.54) is 19.2 Å². The van der Waals surface area contributed by atoms with Gasteiger partial charge in [-0.15, -0.1) is 0 Å². The van der Waals surface area contributed by atoms with E-state index in [2.05, 4.69) is 4.72 Å². The molecule has 1 heterocycles. The van der Waals surface area contributed by atoms with Crippen LogP contribution in [0.4, 0.5) is 0 Å². The van der Waals surface area contributed by atoms with Gasteiger partial charge in [0.25, 0.3) is 0 Å². The van der Waals surface area contributed by atoms with Gasteiger partial charge in [-0.3, -0.25) is 4.79 Å². The van der Waals surface area contributed by atoms with Crippen molar-refractivity contribution in [1.29, 1.82) is 0 Å². The van der Waals surface area contributed by atoms with Gasteiger partial charge in [-0.2, -0.15) is 4.72 Å². The largest absolute Gasteiger partial charge is 0.497 e. The molecule has 1 atom stereocenters. The van der Waals surface area contributed by atoms with Crippen molar-refractivity contribution >= 4 is 15.9 Å². The van der Waals surface area contributed by atoms with Crippen molar-refractivity contribution in [2.45, 2.75) is 50.7 Å². The van der Waals surface area contributed by atoms with Crippen molar-refractivity contribution in [3.05, 3.63) is 48.5 Å². The Balaban J connectivity index is 1.62. The van der Waals surface area contributed by atoms with Gasteiger partial charge in [-0.25, -0.2) is 8.42 Å². The second kappa shape index (κ2) is 11.6. The fourth-order valence-corrected chi connectivity index (χ4v) is 5.19. The Kier molecular flexibility index (Phi) is 8.79. The highest BCUT2D eigenvalue weighted by atomic mass is 32.2. The number of likely N-dealkylation sites (tertiary alicyclic amines) is 1. The summed E-state index contributed by atoms with van der Waals surface area (Å²) in [4.78, 5) is 15.1. The quantitative estimate of drug-likeness (QED) is 0.548. The summed E-state index contributed by atoms with van der Waals surface area (Å²) in [5.41, 5.74) is 0. The van der Waals surface area contributed by atoms with Crippen LogP contribution in [-0.2, 0) is 14.8 Å². The SMILES string of the molecule is CCOc1ccccc1OC1CCN(C(=O)[C@@H](NS(=O)(=O)c2ccc(OC)cc2)C(C)C)CC1. The number of ether oxygens (including phenoxy) is 3. The summed E-state index contributed by atoms with van der Waals surface area (Å²) in [5, 5.41) is 0. The molecular weight excluding hydrogens is 456 g/mol. The third-order valence-electron chi connectivity index (χ3n) is 5.78. The average molecular weight is 491 g/mol. The van der Waals surface area contributed by atoms with Crippen molar-refractivity contribution in [1.82, 2.24) is 9.62 Å². The maximum atomic E-state index is 13.3. The van der Waals surface area contributed by atoms with Crippen LogP contribution in [0.15, 0.2) is 53.4 Å². The summed E-state index contributed by atoms with van der Waals surface area (Å²) in [6.07, 6.45) is 1.27. The van der Waals surface area contributed by atoms with E-state index in [1.54, 1.807) is 17.0 Å². The summed E-state index contributed by atoms with van der Waals surface area (Å²) < 4.78 is 45.3. The lowest BCUT2D eigenvalue weighted by molar-refractivity contribution is -0.135. The molecule has 9 heteroatoms. The summed E-state index contributed by atoms with van der Waals surface area (Å²) in [6.45, 7) is 7.13. The van der Waals surface area contributed by atoms with Crippen molar-refractivity contribution < 1.29 is 27.4 Å². The number of amides is 1. The number of piperidine rings is 1. The molecule has 0 saturated carbocycles. The number of carbonyl (C=O) groups is 1. The molecule has 0 radical (unpaired) electrons. The maximum Gasteiger partial charge on any atom is 0.241 e. The Bertz CT molecular complexity index is 1050. The average Bonchev–Trinajstić information content (AvgIpc) is 2.84. The van der Waals surface area contributed by atoms with Gasteiger partial charge in [0.2, 0.25) is 15.9 Å². The van der Waals surface area contributed by atoms with E-state index in [0.29, 0.717) is 49.8 Å². The Hall–Kier alpha value is -2.78. The standard InChI is InChI=1S/C25H34N2O6S/c1-5-32-22-8-6-7-9-23(22)33-20-14-16-27(17-15-20)25(28)24(18(2)3)26-34(29,30)21-12-10-19(31-4)11-13-21/h6-13,18,20,24,26H,5,14-17H2,1-4H3/t24-/m0/s1. The number of methoxy groups -OCH3 is 1. The Morgan fingerprint density at radius 2 is 1.68 bits per heavy atom. The number of para-hydroxylation sites is 2. The highest BCUT2D eigenvalue weighted by Crippen LogP contribution is 2.29. The smallest absolute Gasteiger partial charge is 0.241 e. The van der Waals surface area contributed by atoms with E-state index in [4.69, 9.17) is 14.2 Å². The second-order valence-electron chi connectivity index (χ2n) is 8.54. The lowest BCUT2D eigenvalue weighted by Crippen LogP contribution is -2.53. The number of benzene rings is 2. The van der Waals surface area contributed by atoms with Crippen molar-refractivity contribution in [3.8, 4) is 17.2 Å². The molecule has 2 aromatic carbocycles. The zero-order valence-electron chi connectivity index (χ0n) is 20.2. The lowest BCUT2D eigenvalue weighted by Gasteiger charge is -2.35. The zero-order chi connectivity index (χ0) is 24.7. The van der Waals surface area contributed by atoms with E-state index in [-0.39, 0.29) is 22.8 Å². The van der Waals surface area contributed by atoms with Gasteiger partial charge in [0.1, 0.15) is 17.9 Å². The molecule has 1 aliphatic heterocycles. The summed E-state index contributed by atoms with van der Waals surface area (Å²) in [7, 11) is -2.35. The molecule has 186 valence electrons. The number of nitrogens with zero attached hydrogens (tertiary/aromatic N) is 1. The minimum absolute atomic E-state index is 0.0425. The molecule has 1 saturated heterocycles. The first-order valence-corrected chi connectivity index (χ1v) is 13.1. The predicted octanol–water partition coefficient (Wildman–Crippen LogP) is 3.47. The molecular formula is C25H34N2O6S. The van der Waals surface area contributed by atoms with Crippen LogP contribution in [0.2, 0.25) is 0 Å². The van der Waals surface area contributed by atoms with Crippen molar-refractivity contribution in [2.24, 2.45) is 5.92 Å². The third kappa shape index (κ3) is 6.42. The summed E-state index contributed by atoms with van der Waals surface area (Å²) >= 11 is 0. The second-order valence-corrected chi connectivity index (χ2v) is 10.3. The molecule has 1 fully saturated rings. The molecule has 34 heavy (non-hydrogen) atoms. The fourth-order valence-electron chi connectivity index (χ4n) is 3.85. The van der Waals surface area contributed by atoms with Gasteiger partial charge < -0.3 is 19.1 Å². The number of rotatable bonds is 10. The van der Waals surface area contributed by atoms with Crippen LogP contribution >= 0.6 is 0 Å². The molecule has 1 N–H and O–H groups in total. The third-order valence-corrected chi connectivity index (χ3v) is 7.24. The number of carbonyl (C=O) groups excluding carboxylic acids is 1. The molecule has 0 unspecified atom stereocenters. The summed E-state index contributed by atoms with van der Waals surface area (Å²) in [6, 6.07) is 12.8. The van der Waals surface area contributed by atoms with Crippen LogP contribution in [0.3, 0.4) is 0 Å². The molecule has 0 aliphatic carbocycles. The molecule has 0 bridgehead atoms. The zero-order valence-corrected chi connectivity index (χ0v) is 21.0. The summed E-state index contributed by atoms with van der Waals surface area (Å²) in [5.74, 6) is 1.52. The monoisotopic (exact) mass is 490 g/mol. The van der Waals surface area contributed by atoms with Crippen LogP contribution in [0.1, 0.15) is 33.6 Å². The molecule has 2 aromatic rings. The minimum atomic E-state index is -3.87. The van der Waals surface area contributed by atoms with Gasteiger partial charge in [0, 0.05) is 25.9 Å². The predicted molar refractivity (Wildman–Crippen MR) is 130 cm³/mol. The maximum absolute atomic E-state index is 13.3. The van der Waals surface area contributed by atoms with E-state index < -0.39 is 16.1 Å². The Morgan fingerprint density at radius 1 is 1.06 bits per heavy atom. The molecule has 0 aromatic heterocycles. The van der Waals surface area contributed by atoms with Gasteiger partial charge >= 0.3 is 0 Å². The number of sulfonamides is 1. The first-order valence-electron chi connectivity index (χ1n) is 11.6. The first-order chi connectivity index (χ1) is 16.2. The fraction of sp³-hybridized carbons (Fsp3) is 0.480. The highest BCUT2D eigenvalue weighted by Gasteiger charge is 2.34. The number of nitrogens with one attached hydrogen (secondary N) is 1. The normalized spacial score (nSPS) is 15.7. The van der Waals surface area contributed by atoms with Gasteiger partial charge in [-0.1, -0.05) is 26.0 Å². The highest BCUT2D eigenvalue weighted by molar-refractivity contribution is 7.89. The van der Waals surface area contributed by atoms with E-state index in [0.717, 1.165) is 0 Å². The Labute approximate surface area is 202 Å². The molecule has 1 amide bonds. The first kappa shape index (κ1) is 25.8. The molecule has 8 nitrogen and oxygen atoms in total. The van der Waals surface area contributed by atoms with E-state index >= 15 is 0 Å². The number of hydrogen-bond acceptors (Lipinski definition) is 6. The van der Waals surface area contributed by atoms with Crippen LogP contribution in [0, 0.1) is 5.92 Å². The van der Waals surface area contributed by atoms with Crippen LogP contribution in [0.25, 0.3) is 0 Å². The van der Waals surface area contributed by atoms with E-state index in [9.17, 15) is 13.2 Å².